The van der Waals surface area contributed by atoms with Gasteiger partial charge in [-0.2, -0.15) is 0 Å². The summed E-state index contributed by atoms with van der Waals surface area (Å²) in [4.78, 5) is 13.3. The Morgan fingerprint density at radius 3 is 2.75 bits per heavy atom. The summed E-state index contributed by atoms with van der Waals surface area (Å²) in [5.41, 5.74) is 3.96. The Bertz CT molecular complexity index is 854. The molecule has 1 fully saturated rings. The molecule has 28 heavy (non-hydrogen) atoms. The van der Waals surface area contributed by atoms with Gasteiger partial charge >= 0.3 is 5.97 Å². The standard InChI is InChI=1S/C23H27ClFNO2/c1-3-17(18-5-6-21(24)15(2)10-18)12-20-11-16(4-7-22(20)25)13-26-9-8-19(14-26)23(27)28/h4-7,10-11,17,19H,3,8-9,12-14H2,1-2H3,(H,27,28)/t17-,19+/m0/s1. The number of halogens is 2. The fraction of sp³-hybridized carbons (Fsp3) is 0.435. The van der Waals surface area contributed by atoms with Gasteiger partial charge in [0, 0.05) is 18.1 Å². The summed E-state index contributed by atoms with van der Waals surface area (Å²) in [7, 11) is 0. The molecule has 150 valence electrons. The summed E-state index contributed by atoms with van der Waals surface area (Å²) in [6.07, 6.45) is 2.23. The maximum absolute atomic E-state index is 14.5. The van der Waals surface area contributed by atoms with E-state index in [-0.39, 0.29) is 17.7 Å². The number of carboxylic acids is 1. The second-order valence-electron chi connectivity index (χ2n) is 7.80. The van der Waals surface area contributed by atoms with E-state index in [4.69, 9.17) is 16.7 Å². The largest absolute Gasteiger partial charge is 0.481 e. The lowest BCUT2D eigenvalue weighted by Crippen LogP contribution is -2.23. The van der Waals surface area contributed by atoms with Gasteiger partial charge in [0.1, 0.15) is 5.82 Å². The van der Waals surface area contributed by atoms with Crippen LogP contribution in [0.3, 0.4) is 0 Å². The number of rotatable bonds is 7. The van der Waals surface area contributed by atoms with Crippen LogP contribution in [0.5, 0.6) is 0 Å². The highest BCUT2D eigenvalue weighted by molar-refractivity contribution is 6.31. The molecule has 0 saturated carbocycles. The maximum Gasteiger partial charge on any atom is 0.307 e. The molecule has 1 aliphatic rings. The third-order valence-corrected chi connectivity index (χ3v) is 6.17. The first kappa shape index (κ1) is 20.8. The molecule has 3 rings (SSSR count). The molecule has 1 heterocycles. The molecule has 0 aromatic heterocycles. The SMILES string of the molecule is CC[C@@H](Cc1cc(CN2CC[C@@H](C(=O)O)C2)ccc1F)c1ccc(Cl)c(C)c1. The van der Waals surface area contributed by atoms with Gasteiger partial charge in [0.25, 0.3) is 0 Å². The van der Waals surface area contributed by atoms with Crippen molar-refractivity contribution in [2.75, 3.05) is 13.1 Å². The van der Waals surface area contributed by atoms with Gasteiger partial charge in [-0.3, -0.25) is 9.69 Å². The van der Waals surface area contributed by atoms with E-state index in [0.717, 1.165) is 29.1 Å². The lowest BCUT2D eigenvalue weighted by Gasteiger charge is -2.19. The van der Waals surface area contributed by atoms with Crippen LogP contribution in [0.4, 0.5) is 4.39 Å². The predicted molar refractivity (Wildman–Crippen MR) is 110 cm³/mol. The molecule has 0 amide bonds. The average molecular weight is 404 g/mol. The Balaban J connectivity index is 1.73. The van der Waals surface area contributed by atoms with Crippen LogP contribution < -0.4 is 0 Å². The topological polar surface area (TPSA) is 40.5 Å². The zero-order chi connectivity index (χ0) is 20.3. The predicted octanol–water partition coefficient (Wildman–Crippen LogP) is 5.43. The van der Waals surface area contributed by atoms with Crippen molar-refractivity contribution in [1.29, 1.82) is 0 Å². The van der Waals surface area contributed by atoms with Crippen LogP contribution in [0.2, 0.25) is 5.02 Å². The maximum atomic E-state index is 14.5. The molecule has 2 atom stereocenters. The third-order valence-electron chi connectivity index (χ3n) is 5.75. The van der Waals surface area contributed by atoms with Crippen molar-refractivity contribution in [2.45, 2.75) is 45.6 Å². The highest BCUT2D eigenvalue weighted by Gasteiger charge is 2.27. The molecule has 2 aromatic carbocycles. The van der Waals surface area contributed by atoms with E-state index < -0.39 is 5.97 Å². The normalized spacial score (nSPS) is 18.4. The van der Waals surface area contributed by atoms with Crippen LogP contribution in [-0.2, 0) is 17.8 Å². The van der Waals surface area contributed by atoms with Crippen molar-refractivity contribution in [3.8, 4) is 0 Å². The van der Waals surface area contributed by atoms with Gasteiger partial charge < -0.3 is 5.11 Å². The fourth-order valence-corrected chi connectivity index (χ4v) is 4.12. The molecule has 0 bridgehead atoms. The fourth-order valence-electron chi connectivity index (χ4n) is 4.00. The van der Waals surface area contributed by atoms with Gasteiger partial charge in [-0.05, 0) is 73.0 Å². The Kier molecular flexibility index (Phi) is 6.73. The van der Waals surface area contributed by atoms with Crippen molar-refractivity contribution in [1.82, 2.24) is 4.90 Å². The number of likely N-dealkylation sites (tertiary alicyclic amines) is 1. The first-order valence-corrected chi connectivity index (χ1v) is 10.2. The second-order valence-corrected chi connectivity index (χ2v) is 8.21. The van der Waals surface area contributed by atoms with Crippen molar-refractivity contribution < 1.29 is 14.3 Å². The number of carbonyl (C=O) groups is 1. The van der Waals surface area contributed by atoms with Crippen LogP contribution in [0.1, 0.15) is 47.9 Å². The number of hydrogen-bond acceptors (Lipinski definition) is 2. The Hall–Kier alpha value is -1.91. The van der Waals surface area contributed by atoms with E-state index in [9.17, 15) is 9.18 Å². The van der Waals surface area contributed by atoms with Gasteiger partial charge in [-0.25, -0.2) is 4.39 Å². The zero-order valence-corrected chi connectivity index (χ0v) is 17.2. The lowest BCUT2D eigenvalue weighted by atomic mass is 9.88. The molecule has 0 aliphatic carbocycles. The average Bonchev–Trinajstić information content (AvgIpc) is 3.13. The number of aliphatic carboxylic acids is 1. The number of aryl methyl sites for hydroxylation is 1. The second kappa shape index (κ2) is 9.06. The van der Waals surface area contributed by atoms with E-state index >= 15 is 0 Å². The van der Waals surface area contributed by atoms with Crippen molar-refractivity contribution >= 4 is 17.6 Å². The Morgan fingerprint density at radius 1 is 1.32 bits per heavy atom. The molecule has 1 aliphatic heterocycles. The summed E-state index contributed by atoms with van der Waals surface area (Å²) in [5.74, 6) is -0.981. The van der Waals surface area contributed by atoms with Crippen LogP contribution >= 0.6 is 11.6 Å². The highest BCUT2D eigenvalue weighted by Crippen LogP contribution is 2.29. The number of hydrogen-bond donors (Lipinski definition) is 1. The lowest BCUT2D eigenvalue weighted by molar-refractivity contribution is -0.141. The summed E-state index contributed by atoms with van der Waals surface area (Å²) >= 11 is 6.14. The van der Waals surface area contributed by atoms with E-state index in [0.29, 0.717) is 31.5 Å². The molecule has 3 nitrogen and oxygen atoms in total. The molecule has 2 aromatic rings. The summed E-state index contributed by atoms with van der Waals surface area (Å²) in [5, 5.41) is 9.91. The third kappa shape index (κ3) is 4.92. The molecule has 1 N–H and O–H groups in total. The quantitative estimate of drug-likeness (QED) is 0.670. The van der Waals surface area contributed by atoms with Crippen molar-refractivity contribution in [2.24, 2.45) is 5.92 Å². The van der Waals surface area contributed by atoms with E-state index in [1.54, 1.807) is 6.07 Å². The van der Waals surface area contributed by atoms with E-state index in [1.807, 2.05) is 25.1 Å². The van der Waals surface area contributed by atoms with Crippen LogP contribution in [0.25, 0.3) is 0 Å². The summed E-state index contributed by atoms with van der Waals surface area (Å²) < 4.78 is 14.5. The number of nitrogens with zero attached hydrogens (tertiary/aromatic N) is 1. The molecular weight excluding hydrogens is 377 g/mol. The van der Waals surface area contributed by atoms with E-state index in [2.05, 4.69) is 17.9 Å². The number of carboxylic acid groups (broad SMARTS) is 1. The van der Waals surface area contributed by atoms with Gasteiger partial charge in [0.05, 0.1) is 5.92 Å². The Labute approximate surface area is 171 Å². The van der Waals surface area contributed by atoms with Gasteiger partial charge in [-0.1, -0.05) is 42.8 Å². The van der Waals surface area contributed by atoms with E-state index in [1.165, 1.54) is 11.6 Å². The number of benzene rings is 2. The van der Waals surface area contributed by atoms with Crippen LogP contribution in [0.15, 0.2) is 36.4 Å². The first-order valence-electron chi connectivity index (χ1n) is 9.86. The minimum atomic E-state index is -0.730. The minimum Gasteiger partial charge on any atom is -0.481 e. The zero-order valence-electron chi connectivity index (χ0n) is 16.4. The molecule has 0 unspecified atom stereocenters. The summed E-state index contributed by atoms with van der Waals surface area (Å²) in [6.45, 7) is 6.09. The van der Waals surface area contributed by atoms with Crippen molar-refractivity contribution in [3.05, 3.63) is 69.5 Å². The highest BCUT2D eigenvalue weighted by atomic mass is 35.5. The first-order chi connectivity index (χ1) is 13.4. The smallest absolute Gasteiger partial charge is 0.307 e. The monoisotopic (exact) mass is 403 g/mol. The molecular formula is C23H27ClFNO2. The molecule has 5 heteroatoms. The molecule has 1 saturated heterocycles. The summed E-state index contributed by atoms with van der Waals surface area (Å²) in [6, 6.07) is 11.3. The van der Waals surface area contributed by atoms with Crippen LogP contribution in [0, 0.1) is 18.7 Å². The Morgan fingerprint density at radius 2 is 2.11 bits per heavy atom. The van der Waals surface area contributed by atoms with Gasteiger partial charge in [0.2, 0.25) is 0 Å². The van der Waals surface area contributed by atoms with Gasteiger partial charge in [0.15, 0.2) is 0 Å². The van der Waals surface area contributed by atoms with Gasteiger partial charge in [-0.15, -0.1) is 0 Å². The van der Waals surface area contributed by atoms with Crippen molar-refractivity contribution in [3.63, 3.8) is 0 Å². The minimum absolute atomic E-state index is 0.183. The molecule has 0 spiro atoms. The van der Waals surface area contributed by atoms with Crippen LogP contribution in [-0.4, -0.2) is 29.1 Å². The molecule has 0 radical (unpaired) electrons.